The van der Waals surface area contributed by atoms with Crippen LogP contribution in [0.5, 0.6) is 5.75 Å². The normalized spacial score (nSPS) is 12.6. The molecular formula is C21H28N2O4S. The van der Waals surface area contributed by atoms with Gasteiger partial charge >= 0.3 is 0 Å². The Kier molecular flexibility index (Phi) is 7.60. The number of aryl methyl sites for hydroxylation is 1. The fourth-order valence-corrected chi connectivity index (χ4v) is 3.54. The number of carbonyl (C=O) groups is 1. The first kappa shape index (κ1) is 21.9. The third-order valence-corrected chi connectivity index (χ3v) is 5.75. The molecule has 152 valence electrons. The number of ether oxygens (including phenoxy) is 1. The molecule has 0 aliphatic rings. The van der Waals surface area contributed by atoms with Gasteiger partial charge in [0, 0.05) is 13.1 Å². The van der Waals surface area contributed by atoms with Crippen molar-refractivity contribution in [3.63, 3.8) is 0 Å². The second-order valence-corrected chi connectivity index (χ2v) is 8.75. The minimum Gasteiger partial charge on any atom is -0.481 e. The van der Waals surface area contributed by atoms with E-state index in [1.54, 1.807) is 31.2 Å². The van der Waals surface area contributed by atoms with Crippen LogP contribution in [0.25, 0.3) is 0 Å². The summed E-state index contributed by atoms with van der Waals surface area (Å²) in [6.45, 7) is 8.03. The van der Waals surface area contributed by atoms with Gasteiger partial charge in [-0.2, -0.15) is 0 Å². The molecule has 6 nitrogen and oxygen atoms in total. The third-order valence-electron chi connectivity index (χ3n) is 4.28. The molecule has 0 saturated heterocycles. The van der Waals surface area contributed by atoms with Crippen molar-refractivity contribution in [2.24, 2.45) is 0 Å². The summed E-state index contributed by atoms with van der Waals surface area (Å²) in [4.78, 5) is 12.3. The van der Waals surface area contributed by atoms with Gasteiger partial charge in [0.25, 0.3) is 5.91 Å². The Morgan fingerprint density at radius 2 is 1.57 bits per heavy atom. The number of hydrogen-bond acceptors (Lipinski definition) is 4. The first-order valence-electron chi connectivity index (χ1n) is 9.29. The summed E-state index contributed by atoms with van der Waals surface area (Å²) >= 11 is 0. The third kappa shape index (κ3) is 6.35. The van der Waals surface area contributed by atoms with E-state index < -0.39 is 16.1 Å². The minimum atomic E-state index is -3.59. The molecule has 2 aromatic carbocycles. The highest BCUT2D eigenvalue weighted by atomic mass is 32.2. The first-order chi connectivity index (χ1) is 13.2. The lowest BCUT2D eigenvalue weighted by atomic mass is 10.0. The maximum atomic E-state index is 12.2. The van der Waals surface area contributed by atoms with Crippen molar-refractivity contribution in [3.8, 4) is 5.75 Å². The zero-order valence-electron chi connectivity index (χ0n) is 16.7. The molecule has 28 heavy (non-hydrogen) atoms. The van der Waals surface area contributed by atoms with Crippen molar-refractivity contribution in [2.45, 2.75) is 44.6 Å². The topological polar surface area (TPSA) is 84.5 Å². The number of sulfonamides is 1. The molecule has 2 N–H and O–H groups in total. The molecule has 0 aromatic heterocycles. The summed E-state index contributed by atoms with van der Waals surface area (Å²) in [5.74, 6) is 0.744. The van der Waals surface area contributed by atoms with Crippen LogP contribution in [0.4, 0.5) is 0 Å². The van der Waals surface area contributed by atoms with Crippen LogP contribution in [0.15, 0.2) is 53.4 Å². The number of benzene rings is 2. The Labute approximate surface area is 167 Å². The van der Waals surface area contributed by atoms with Gasteiger partial charge in [0.2, 0.25) is 10.0 Å². The molecule has 1 amide bonds. The van der Waals surface area contributed by atoms with E-state index in [1.165, 1.54) is 5.56 Å². The summed E-state index contributed by atoms with van der Waals surface area (Å²) in [6, 6.07) is 14.2. The Morgan fingerprint density at radius 3 is 2.14 bits per heavy atom. The molecule has 0 spiro atoms. The van der Waals surface area contributed by atoms with E-state index in [9.17, 15) is 13.2 Å². The van der Waals surface area contributed by atoms with Crippen molar-refractivity contribution < 1.29 is 17.9 Å². The summed E-state index contributed by atoms with van der Waals surface area (Å²) < 4.78 is 32.5. The number of nitrogens with one attached hydrogen (secondary N) is 2. The van der Waals surface area contributed by atoms with Gasteiger partial charge in [-0.05, 0) is 49.6 Å². The standard InChI is InChI=1S/C21H28N2O4S/c1-15(2)18-7-9-19(10-8-18)27-17(4)21(24)22-13-14-23-28(25,26)20-11-5-16(3)6-12-20/h5-12,15,17,23H,13-14H2,1-4H3,(H,22,24). The summed E-state index contributed by atoms with van der Waals surface area (Å²) in [5.41, 5.74) is 2.18. The summed E-state index contributed by atoms with van der Waals surface area (Å²) in [7, 11) is -3.59. The van der Waals surface area contributed by atoms with Crippen molar-refractivity contribution in [1.82, 2.24) is 10.0 Å². The second kappa shape index (κ2) is 9.71. The van der Waals surface area contributed by atoms with Gasteiger partial charge in [0.05, 0.1) is 4.90 Å². The fourth-order valence-electron chi connectivity index (χ4n) is 2.50. The van der Waals surface area contributed by atoms with Gasteiger partial charge < -0.3 is 10.1 Å². The molecule has 0 aliphatic carbocycles. The first-order valence-corrected chi connectivity index (χ1v) is 10.8. The number of carbonyl (C=O) groups excluding carboxylic acids is 1. The summed E-state index contributed by atoms with van der Waals surface area (Å²) in [6.07, 6.45) is -0.682. The molecule has 2 rings (SSSR count). The van der Waals surface area contributed by atoms with Gasteiger partial charge in [0.15, 0.2) is 6.10 Å². The molecule has 0 heterocycles. The molecule has 2 aromatic rings. The van der Waals surface area contributed by atoms with Gasteiger partial charge in [-0.25, -0.2) is 13.1 Å². The lowest BCUT2D eigenvalue weighted by molar-refractivity contribution is -0.127. The van der Waals surface area contributed by atoms with Crippen LogP contribution < -0.4 is 14.8 Å². The average Bonchev–Trinajstić information content (AvgIpc) is 2.65. The lowest BCUT2D eigenvalue weighted by Crippen LogP contribution is -2.40. The average molecular weight is 405 g/mol. The Balaban J connectivity index is 1.77. The molecule has 1 unspecified atom stereocenters. The van der Waals surface area contributed by atoms with Crippen molar-refractivity contribution in [3.05, 3.63) is 59.7 Å². The zero-order chi connectivity index (χ0) is 20.7. The predicted octanol–water partition coefficient (Wildman–Crippen LogP) is 2.98. The highest BCUT2D eigenvalue weighted by Gasteiger charge is 2.16. The van der Waals surface area contributed by atoms with E-state index >= 15 is 0 Å². The number of hydrogen-bond donors (Lipinski definition) is 2. The molecular weight excluding hydrogens is 376 g/mol. The van der Waals surface area contributed by atoms with Gasteiger partial charge in [0.1, 0.15) is 5.75 Å². The molecule has 0 radical (unpaired) electrons. The highest BCUT2D eigenvalue weighted by Crippen LogP contribution is 2.19. The summed E-state index contributed by atoms with van der Waals surface area (Å²) in [5, 5.41) is 2.67. The quantitative estimate of drug-likeness (QED) is 0.629. The minimum absolute atomic E-state index is 0.0950. The highest BCUT2D eigenvalue weighted by molar-refractivity contribution is 7.89. The van der Waals surface area contributed by atoms with Crippen molar-refractivity contribution in [1.29, 1.82) is 0 Å². The van der Waals surface area contributed by atoms with E-state index in [2.05, 4.69) is 23.9 Å². The predicted molar refractivity (Wildman–Crippen MR) is 110 cm³/mol. The van der Waals surface area contributed by atoms with Crippen LogP contribution in [0.3, 0.4) is 0 Å². The Morgan fingerprint density at radius 1 is 0.964 bits per heavy atom. The van der Waals surface area contributed by atoms with E-state index in [0.717, 1.165) is 5.56 Å². The maximum Gasteiger partial charge on any atom is 0.260 e. The van der Waals surface area contributed by atoms with E-state index in [-0.39, 0.29) is 23.9 Å². The lowest BCUT2D eigenvalue weighted by Gasteiger charge is -2.15. The number of rotatable bonds is 9. The molecule has 0 bridgehead atoms. The smallest absolute Gasteiger partial charge is 0.260 e. The largest absolute Gasteiger partial charge is 0.481 e. The van der Waals surface area contributed by atoms with E-state index in [0.29, 0.717) is 11.7 Å². The van der Waals surface area contributed by atoms with E-state index in [4.69, 9.17) is 4.74 Å². The Bertz CT molecular complexity index is 876. The maximum absolute atomic E-state index is 12.2. The van der Waals surface area contributed by atoms with Crippen LogP contribution in [-0.2, 0) is 14.8 Å². The zero-order valence-corrected chi connectivity index (χ0v) is 17.5. The second-order valence-electron chi connectivity index (χ2n) is 6.99. The molecule has 0 saturated carbocycles. The van der Waals surface area contributed by atoms with Crippen molar-refractivity contribution in [2.75, 3.05) is 13.1 Å². The van der Waals surface area contributed by atoms with Crippen molar-refractivity contribution >= 4 is 15.9 Å². The van der Waals surface area contributed by atoms with Crippen LogP contribution in [0.1, 0.15) is 37.8 Å². The van der Waals surface area contributed by atoms with Gasteiger partial charge in [-0.15, -0.1) is 0 Å². The molecule has 0 fully saturated rings. The van der Waals surface area contributed by atoms with E-state index in [1.807, 2.05) is 31.2 Å². The van der Waals surface area contributed by atoms with Gasteiger partial charge in [-0.1, -0.05) is 43.7 Å². The van der Waals surface area contributed by atoms with Crippen LogP contribution in [0, 0.1) is 6.92 Å². The fraction of sp³-hybridized carbons (Fsp3) is 0.381. The monoisotopic (exact) mass is 404 g/mol. The van der Waals surface area contributed by atoms with Gasteiger partial charge in [-0.3, -0.25) is 4.79 Å². The van der Waals surface area contributed by atoms with Crippen LogP contribution in [-0.4, -0.2) is 33.5 Å². The van der Waals surface area contributed by atoms with Crippen LogP contribution in [0.2, 0.25) is 0 Å². The molecule has 7 heteroatoms. The molecule has 1 atom stereocenters. The molecule has 0 aliphatic heterocycles. The Hall–Kier alpha value is -2.38. The van der Waals surface area contributed by atoms with Crippen LogP contribution >= 0.6 is 0 Å². The number of amides is 1. The SMILES string of the molecule is Cc1ccc(S(=O)(=O)NCCNC(=O)C(C)Oc2ccc(C(C)C)cc2)cc1.